The van der Waals surface area contributed by atoms with Gasteiger partial charge in [-0.15, -0.1) is 0 Å². The molecule has 10 heteroatoms. The molecule has 0 radical (unpaired) electrons. The second-order valence-electron chi connectivity index (χ2n) is 5.39. The number of aromatic nitrogens is 4. The summed E-state index contributed by atoms with van der Waals surface area (Å²) >= 11 is 3.38. The van der Waals surface area contributed by atoms with E-state index in [-0.39, 0.29) is 17.1 Å². The zero-order valence-electron chi connectivity index (χ0n) is 13.6. The molecule has 134 valence electrons. The fraction of sp³-hybridized carbons (Fsp3) is 0. The minimum atomic E-state index is -0.333. The van der Waals surface area contributed by atoms with Gasteiger partial charge in [0.2, 0.25) is 11.3 Å². The zero-order valence-corrected chi connectivity index (χ0v) is 15.2. The highest BCUT2D eigenvalue weighted by atomic mass is 79.9. The van der Waals surface area contributed by atoms with Crippen molar-refractivity contribution in [3.8, 4) is 0 Å². The lowest BCUT2D eigenvalue weighted by atomic mass is 10.2. The van der Waals surface area contributed by atoms with Crippen LogP contribution in [0, 0.1) is 5.82 Å². The third-order valence-electron chi connectivity index (χ3n) is 3.48. The number of benzene rings is 2. The predicted molar refractivity (Wildman–Crippen MR) is 102 cm³/mol. The molecule has 27 heavy (non-hydrogen) atoms. The second-order valence-corrected chi connectivity index (χ2v) is 6.30. The fourth-order valence-corrected chi connectivity index (χ4v) is 2.45. The molecule has 4 aromatic rings. The van der Waals surface area contributed by atoms with E-state index in [1.807, 2.05) is 24.3 Å². The van der Waals surface area contributed by atoms with Crippen molar-refractivity contribution in [1.82, 2.24) is 20.3 Å². The normalized spacial score (nSPS) is 11.2. The van der Waals surface area contributed by atoms with E-state index in [1.54, 1.807) is 18.3 Å². The molecule has 2 N–H and O–H groups in total. The van der Waals surface area contributed by atoms with Crippen molar-refractivity contribution in [2.24, 2.45) is 5.10 Å². The molecule has 0 atom stereocenters. The van der Waals surface area contributed by atoms with Crippen molar-refractivity contribution in [1.29, 1.82) is 0 Å². The Hall–Kier alpha value is -3.40. The SMILES string of the molecule is Fc1ccc(Nc2nc3nonc3nc2N/N=C/c2ccc(Br)cc2)cc1. The van der Waals surface area contributed by atoms with Crippen LogP contribution in [0.15, 0.2) is 62.7 Å². The molecular weight excluding hydrogens is 417 g/mol. The van der Waals surface area contributed by atoms with Gasteiger partial charge in [0, 0.05) is 10.2 Å². The predicted octanol–water partition coefficient (Wildman–Crippen LogP) is 4.10. The lowest BCUT2D eigenvalue weighted by Gasteiger charge is -2.09. The van der Waals surface area contributed by atoms with Crippen molar-refractivity contribution in [2.75, 3.05) is 10.7 Å². The summed E-state index contributed by atoms with van der Waals surface area (Å²) in [6, 6.07) is 13.5. The Balaban J connectivity index is 1.61. The monoisotopic (exact) mass is 427 g/mol. The maximum Gasteiger partial charge on any atom is 0.245 e. The van der Waals surface area contributed by atoms with Crippen LogP contribution < -0.4 is 10.7 Å². The van der Waals surface area contributed by atoms with E-state index in [4.69, 9.17) is 0 Å². The number of nitrogens with one attached hydrogen (secondary N) is 2. The molecular formula is C17H11BrFN7O. The van der Waals surface area contributed by atoms with Crippen molar-refractivity contribution in [3.05, 3.63) is 64.4 Å². The third-order valence-corrected chi connectivity index (χ3v) is 4.00. The standard InChI is InChI=1S/C17H11BrFN7O/c18-11-3-1-10(2-4-11)9-20-24-15-14(21-13-7-5-12(19)6-8-13)22-16-17(23-15)26-27-25-16/h1-9H,(H,21,22,25)(H,23,24,26)/b20-9+. The van der Waals surface area contributed by atoms with E-state index in [0.29, 0.717) is 17.3 Å². The molecule has 0 amide bonds. The molecule has 0 fully saturated rings. The first-order valence-electron chi connectivity index (χ1n) is 7.75. The first-order chi connectivity index (χ1) is 13.2. The number of anilines is 3. The molecule has 2 heterocycles. The van der Waals surface area contributed by atoms with Crippen LogP contribution in [0.1, 0.15) is 5.56 Å². The molecule has 4 rings (SSSR count). The summed E-state index contributed by atoms with van der Waals surface area (Å²) in [6.07, 6.45) is 1.64. The van der Waals surface area contributed by atoms with Gasteiger partial charge in [0.15, 0.2) is 11.6 Å². The Bertz CT molecular complexity index is 1100. The first kappa shape index (κ1) is 17.0. The van der Waals surface area contributed by atoms with E-state index in [9.17, 15) is 4.39 Å². The maximum absolute atomic E-state index is 13.1. The van der Waals surface area contributed by atoms with Crippen LogP contribution in [0.25, 0.3) is 11.3 Å². The number of rotatable bonds is 5. The Labute approximate surface area is 160 Å². The maximum atomic E-state index is 13.1. The largest absolute Gasteiger partial charge is 0.337 e. The van der Waals surface area contributed by atoms with E-state index in [1.165, 1.54) is 12.1 Å². The van der Waals surface area contributed by atoms with Crippen LogP contribution in [0.3, 0.4) is 0 Å². The van der Waals surface area contributed by atoms with E-state index < -0.39 is 0 Å². The zero-order chi connectivity index (χ0) is 18.6. The van der Waals surface area contributed by atoms with Gasteiger partial charge >= 0.3 is 0 Å². The number of hydrogen-bond acceptors (Lipinski definition) is 8. The van der Waals surface area contributed by atoms with E-state index >= 15 is 0 Å². The van der Waals surface area contributed by atoms with E-state index in [2.05, 4.69) is 56.7 Å². The molecule has 0 spiro atoms. The van der Waals surface area contributed by atoms with Gasteiger partial charge in [0.1, 0.15) is 5.82 Å². The highest BCUT2D eigenvalue weighted by Gasteiger charge is 2.12. The Morgan fingerprint density at radius 3 is 2.30 bits per heavy atom. The minimum Gasteiger partial charge on any atom is -0.337 e. The van der Waals surface area contributed by atoms with Gasteiger partial charge in [0.05, 0.1) is 6.21 Å². The van der Waals surface area contributed by atoms with Gasteiger partial charge in [-0.05, 0) is 52.3 Å². The minimum absolute atomic E-state index is 0.237. The molecule has 0 saturated heterocycles. The Morgan fingerprint density at radius 1 is 0.926 bits per heavy atom. The molecule has 0 bridgehead atoms. The molecule has 0 unspecified atom stereocenters. The molecule has 2 aromatic heterocycles. The van der Waals surface area contributed by atoms with Crippen molar-refractivity contribution >= 4 is 50.8 Å². The first-order valence-corrected chi connectivity index (χ1v) is 8.54. The quantitative estimate of drug-likeness (QED) is 0.365. The highest BCUT2D eigenvalue weighted by molar-refractivity contribution is 9.10. The number of fused-ring (bicyclic) bond motifs is 1. The van der Waals surface area contributed by atoms with Crippen LogP contribution in [-0.2, 0) is 0 Å². The van der Waals surface area contributed by atoms with Crippen LogP contribution >= 0.6 is 15.9 Å². The Morgan fingerprint density at radius 2 is 1.59 bits per heavy atom. The summed E-state index contributed by atoms with van der Waals surface area (Å²) < 4.78 is 18.7. The molecule has 0 aliphatic carbocycles. The molecule has 0 saturated carbocycles. The lowest BCUT2D eigenvalue weighted by Crippen LogP contribution is -2.03. The smallest absolute Gasteiger partial charge is 0.245 e. The highest BCUT2D eigenvalue weighted by Crippen LogP contribution is 2.24. The number of halogens is 2. The van der Waals surface area contributed by atoms with Gasteiger partial charge in [-0.25, -0.2) is 14.0 Å². The summed E-state index contributed by atoms with van der Waals surface area (Å²) in [5.41, 5.74) is 4.83. The van der Waals surface area contributed by atoms with Crippen molar-refractivity contribution in [2.45, 2.75) is 0 Å². The van der Waals surface area contributed by atoms with Crippen molar-refractivity contribution in [3.63, 3.8) is 0 Å². The summed E-state index contributed by atoms with van der Waals surface area (Å²) in [4.78, 5) is 8.61. The molecule has 0 aliphatic rings. The summed E-state index contributed by atoms with van der Waals surface area (Å²) in [6.45, 7) is 0. The average Bonchev–Trinajstić information content (AvgIpc) is 3.12. The summed E-state index contributed by atoms with van der Waals surface area (Å²) in [5, 5.41) is 14.6. The van der Waals surface area contributed by atoms with Gasteiger partial charge < -0.3 is 5.32 Å². The van der Waals surface area contributed by atoms with Crippen LogP contribution in [-0.4, -0.2) is 26.5 Å². The van der Waals surface area contributed by atoms with Gasteiger partial charge in [-0.1, -0.05) is 28.1 Å². The number of hydrogen-bond donors (Lipinski definition) is 2. The second kappa shape index (κ2) is 7.46. The summed E-state index contributed by atoms with van der Waals surface area (Å²) in [5.74, 6) is 0.328. The van der Waals surface area contributed by atoms with Crippen LogP contribution in [0.5, 0.6) is 0 Å². The molecule has 0 aliphatic heterocycles. The van der Waals surface area contributed by atoms with Crippen LogP contribution in [0.2, 0.25) is 0 Å². The van der Waals surface area contributed by atoms with Gasteiger partial charge in [0.25, 0.3) is 0 Å². The van der Waals surface area contributed by atoms with Gasteiger partial charge in [-0.3, -0.25) is 5.43 Å². The lowest BCUT2D eigenvalue weighted by molar-refractivity contribution is 0.314. The van der Waals surface area contributed by atoms with E-state index in [0.717, 1.165) is 10.0 Å². The van der Waals surface area contributed by atoms with Crippen molar-refractivity contribution < 1.29 is 9.02 Å². The number of hydrazone groups is 1. The third kappa shape index (κ3) is 4.06. The number of nitrogens with zero attached hydrogens (tertiary/aromatic N) is 5. The molecule has 8 nitrogen and oxygen atoms in total. The average molecular weight is 428 g/mol. The van der Waals surface area contributed by atoms with Crippen LogP contribution in [0.4, 0.5) is 21.7 Å². The topological polar surface area (TPSA) is 101 Å². The fourth-order valence-electron chi connectivity index (χ4n) is 2.19. The van der Waals surface area contributed by atoms with Gasteiger partial charge in [-0.2, -0.15) is 10.1 Å². The summed E-state index contributed by atoms with van der Waals surface area (Å²) in [7, 11) is 0. The Kier molecular flexibility index (Phi) is 4.71. The molecule has 2 aromatic carbocycles.